The van der Waals surface area contributed by atoms with Crippen molar-refractivity contribution in [1.82, 2.24) is 4.68 Å². The number of rotatable bonds is 4. The van der Waals surface area contributed by atoms with Gasteiger partial charge in [-0.25, -0.2) is 4.68 Å². The summed E-state index contributed by atoms with van der Waals surface area (Å²) in [6.07, 6.45) is 1.61. The average molecular weight is 342 g/mol. The predicted molar refractivity (Wildman–Crippen MR) is 92.3 cm³/mol. The summed E-state index contributed by atoms with van der Waals surface area (Å²) in [5.74, 6) is 1.45. The smallest absolute Gasteiger partial charge is 0.269 e. The molecule has 7 nitrogen and oxygen atoms in total. The molecule has 3 aromatic rings. The van der Waals surface area contributed by atoms with Crippen molar-refractivity contribution in [3.05, 3.63) is 68.2 Å². The van der Waals surface area contributed by atoms with Gasteiger partial charge in [0.15, 0.2) is 0 Å². The molecule has 24 heavy (non-hydrogen) atoms. The molecule has 0 spiro atoms. The number of nitrogens with zero attached hydrogens (tertiary/aromatic N) is 4. The van der Waals surface area contributed by atoms with Crippen molar-refractivity contribution < 1.29 is 9.34 Å². The van der Waals surface area contributed by atoms with Crippen molar-refractivity contribution in [2.24, 2.45) is 10.1 Å². The van der Waals surface area contributed by atoms with E-state index >= 15 is 0 Å². The van der Waals surface area contributed by atoms with E-state index < -0.39 is 4.92 Å². The highest BCUT2D eigenvalue weighted by atomic mass is 32.1. The maximum Gasteiger partial charge on any atom is 0.269 e. The predicted octanol–water partition coefficient (Wildman–Crippen LogP) is 3.44. The quantitative estimate of drug-likeness (QED) is 0.413. The number of nitro benzene ring substituents is 1. The molecular formula is C16H14N4O3S. The van der Waals surface area contributed by atoms with Gasteiger partial charge in [0.2, 0.25) is 4.80 Å². The fourth-order valence-corrected chi connectivity index (χ4v) is 2.96. The number of nitro groups is 1. The van der Waals surface area contributed by atoms with Gasteiger partial charge in [0.05, 0.1) is 16.8 Å². The van der Waals surface area contributed by atoms with Crippen LogP contribution in [-0.4, -0.2) is 22.9 Å². The maximum absolute atomic E-state index is 10.8. The summed E-state index contributed by atoms with van der Waals surface area (Å²) in [6.45, 7) is 1.87. The topological polar surface area (TPSA) is 85.9 Å². The van der Waals surface area contributed by atoms with Crippen LogP contribution in [0.5, 0.6) is 0 Å². The fourth-order valence-electron chi connectivity index (χ4n) is 2.15. The highest BCUT2D eigenvalue weighted by molar-refractivity contribution is 7.07. The van der Waals surface area contributed by atoms with E-state index in [9.17, 15) is 10.1 Å². The second kappa shape index (κ2) is 6.63. The lowest BCUT2D eigenvalue weighted by Crippen LogP contribution is -2.11. The van der Waals surface area contributed by atoms with Gasteiger partial charge in [-0.15, -0.1) is 11.3 Å². The summed E-state index contributed by atoms with van der Waals surface area (Å²) in [5, 5.41) is 17.1. The number of non-ortho nitro benzene ring substituents is 1. The molecule has 0 aliphatic heterocycles. The van der Waals surface area contributed by atoms with Crippen LogP contribution in [-0.2, 0) is 0 Å². The third-order valence-electron chi connectivity index (χ3n) is 3.31. The molecule has 1 aromatic carbocycles. The third-order valence-corrected chi connectivity index (χ3v) is 4.22. The van der Waals surface area contributed by atoms with Gasteiger partial charge in [-0.3, -0.25) is 15.1 Å². The molecule has 0 fully saturated rings. The molecule has 8 heteroatoms. The van der Waals surface area contributed by atoms with Crippen LogP contribution in [0.1, 0.15) is 11.5 Å². The molecule has 0 saturated carbocycles. The number of furan rings is 1. The van der Waals surface area contributed by atoms with E-state index in [1.807, 2.05) is 24.4 Å². The molecule has 0 bridgehead atoms. The zero-order valence-corrected chi connectivity index (χ0v) is 13.9. The Kier molecular flexibility index (Phi) is 4.39. The van der Waals surface area contributed by atoms with Gasteiger partial charge in [-0.2, -0.15) is 5.10 Å². The van der Waals surface area contributed by atoms with Crippen LogP contribution in [0.2, 0.25) is 0 Å². The van der Waals surface area contributed by atoms with Crippen molar-refractivity contribution in [3.63, 3.8) is 0 Å². The lowest BCUT2D eigenvalue weighted by atomic mass is 10.1. The Morgan fingerprint density at radius 1 is 1.25 bits per heavy atom. The molecule has 2 aromatic heterocycles. The van der Waals surface area contributed by atoms with Gasteiger partial charge in [0.25, 0.3) is 5.69 Å². The monoisotopic (exact) mass is 342 g/mol. The van der Waals surface area contributed by atoms with Crippen LogP contribution in [0.25, 0.3) is 11.3 Å². The Morgan fingerprint density at radius 3 is 2.58 bits per heavy atom. The first-order valence-corrected chi connectivity index (χ1v) is 7.95. The lowest BCUT2D eigenvalue weighted by Gasteiger charge is -2.02. The highest BCUT2D eigenvalue weighted by Gasteiger charge is 2.10. The second-order valence-corrected chi connectivity index (χ2v) is 5.77. The van der Waals surface area contributed by atoms with Crippen molar-refractivity contribution in [2.75, 3.05) is 7.05 Å². The van der Waals surface area contributed by atoms with Crippen LogP contribution < -0.4 is 4.80 Å². The minimum absolute atomic E-state index is 0.0514. The summed E-state index contributed by atoms with van der Waals surface area (Å²) in [4.78, 5) is 15.3. The zero-order valence-electron chi connectivity index (χ0n) is 13.0. The molecule has 0 unspecified atom stereocenters. The molecule has 0 aliphatic rings. The molecule has 3 rings (SSSR count). The molecule has 0 aliphatic carbocycles. The summed E-state index contributed by atoms with van der Waals surface area (Å²) >= 11 is 1.44. The lowest BCUT2D eigenvalue weighted by molar-refractivity contribution is -0.384. The largest absolute Gasteiger partial charge is 0.460 e. The van der Waals surface area contributed by atoms with Crippen molar-refractivity contribution in [2.45, 2.75) is 6.92 Å². The molecular weight excluding hydrogens is 328 g/mol. The van der Waals surface area contributed by atoms with Gasteiger partial charge in [-0.1, -0.05) is 0 Å². The van der Waals surface area contributed by atoms with E-state index in [-0.39, 0.29) is 5.69 Å². The van der Waals surface area contributed by atoms with E-state index in [1.165, 1.54) is 23.5 Å². The normalized spacial score (nSPS) is 12.2. The number of aryl methyl sites for hydroxylation is 1. The minimum atomic E-state index is -0.421. The summed E-state index contributed by atoms with van der Waals surface area (Å²) in [5.41, 5.74) is 1.67. The Morgan fingerprint density at radius 2 is 2.00 bits per heavy atom. The average Bonchev–Trinajstić information content (AvgIpc) is 3.18. The van der Waals surface area contributed by atoms with Crippen LogP contribution in [0, 0.1) is 17.0 Å². The van der Waals surface area contributed by atoms with Gasteiger partial charge >= 0.3 is 0 Å². The van der Waals surface area contributed by atoms with Crippen LogP contribution in [0.3, 0.4) is 0 Å². The number of hydrogen-bond donors (Lipinski definition) is 0. The van der Waals surface area contributed by atoms with E-state index in [0.29, 0.717) is 10.6 Å². The summed E-state index contributed by atoms with van der Waals surface area (Å²) in [7, 11) is 1.69. The molecule has 0 amide bonds. The van der Waals surface area contributed by atoms with E-state index in [2.05, 4.69) is 10.1 Å². The van der Waals surface area contributed by atoms with Gasteiger partial charge in [-0.05, 0) is 31.2 Å². The van der Waals surface area contributed by atoms with Crippen LogP contribution in [0.4, 0.5) is 5.69 Å². The van der Waals surface area contributed by atoms with Crippen molar-refractivity contribution in [3.8, 4) is 11.3 Å². The zero-order chi connectivity index (χ0) is 17.1. The SMILES string of the molecule is CN=c1scc(-c2ccc([N+](=O)[O-])cc2)n1N=Cc1ccc(C)o1. The fraction of sp³-hybridized carbons (Fsp3) is 0.125. The van der Waals surface area contributed by atoms with Gasteiger partial charge in [0, 0.05) is 30.1 Å². The number of aromatic nitrogens is 1. The molecule has 0 radical (unpaired) electrons. The van der Waals surface area contributed by atoms with E-state index in [1.54, 1.807) is 30.1 Å². The van der Waals surface area contributed by atoms with E-state index in [4.69, 9.17) is 4.42 Å². The Balaban J connectivity index is 2.01. The summed E-state index contributed by atoms with van der Waals surface area (Å²) < 4.78 is 7.16. The first-order valence-electron chi connectivity index (χ1n) is 7.07. The summed E-state index contributed by atoms with van der Waals surface area (Å²) in [6, 6.07) is 10.0. The number of thiazole rings is 1. The minimum Gasteiger partial charge on any atom is -0.460 e. The number of hydrogen-bond acceptors (Lipinski definition) is 6. The van der Waals surface area contributed by atoms with Gasteiger partial charge in [0.1, 0.15) is 11.5 Å². The first-order chi connectivity index (χ1) is 11.6. The molecule has 2 heterocycles. The van der Waals surface area contributed by atoms with Gasteiger partial charge < -0.3 is 4.42 Å². The van der Waals surface area contributed by atoms with Crippen LogP contribution >= 0.6 is 11.3 Å². The number of benzene rings is 1. The molecule has 0 N–H and O–H groups in total. The first kappa shape index (κ1) is 15.9. The maximum atomic E-state index is 10.8. The molecule has 0 atom stereocenters. The van der Waals surface area contributed by atoms with Crippen LogP contribution in [0.15, 0.2) is 56.3 Å². The highest BCUT2D eigenvalue weighted by Crippen LogP contribution is 2.23. The van der Waals surface area contributed by atoms with Crippen molar-refractivity contribution >= 4 is 23.2 Å². The van der Waals surface area contributed by atoms with E-state index in [0.717, 1.165) is 17.0 Å². The third kappa shape index (κ3) is 3.18. The molecule has 122 valence electrons. The molecule has 0 saturated heterocycles. The van der Waals surface area contributed by atoms with Crippen molar-refractivity contribution in [1.29, 1.82) is 0 Å². The Bertz CT molecular complexity index is 964. The standard InChI is InChI=1S/C16H14N4O3S/c1-11-3-8-14(23-11)9-18-19-15(10-24-16(19)17-2)12-4-6-13(7-5-12)20(21)22/h3-10H,1-2H3. The Hall–Kier alpha value is -3.00. The second-order valence-electron chi connectivity index (χ2n) is 4.94. The Labute approximate surface area is 141 Å².